The van der Waals surface area contributed by atoms with Gasteiger partial charge >= 0.3 is 0 Å². The molecule has 0 atom stereocenters. The SMILES string of the molecule is CCCCCCc1n(C(C)C)cc[n+]1C(C)C. The summed E-state index contributed by atoms with van der Waals surface area (Å²) in [4.78, 5) is 0. The molecule has 0 amide bonds. The Morgan fingerprint density at radius 3 is 2.35 bits per heavy atom. The Bertz CT molecular complexity index is 298. The maximum absolute atomic E-state index is 2.42. The number of rotatable bonds is 7. The summed E-state index contributed by atoms with van der Waals surface area (Å²) in [5, 5.41) is 0. The number of imidazole rings is 1. The van der Waals surface area contributed by atoms with Crippen LogP contribution in [0.1, 0.15) is 78.2 Å². The van der Waals surface area contributed by atoms with E-state index in [2.05, 4.69) is 56.1 Å². The minimum Gasteiger partial charge on any atom is -0.232 e. The molecule has 0 aliphatic carbocycles. The lowest BCUT2D eigenvalue weighted by Gasteiger charge is -2.09. The number of aromatic nitrogens is 2. The lowest BCUT2D eigenvalue weighted by molar-refractivity contribution is -0.722. The molecule has 1 rings (SSSR count). The van der Waals surface area contributed by atoms with E-state index in [1.807, 2.05) is 0 Å². The Balaban J connectivity index is 2.74. The van der Waals surface area contributed by atoms with Gasteiger partial charge in [0.2, 0.25) is 0 Å². The number of hydrogen-bond acceptors (Lipinski definition) is 0. The van der Waals surface area contributed by atoms with Gasteiger partial charge in [0, 0.05) is 6.42 Å². The summed E-state index contributed by atoms with van der Waals surface area (Å²) >= 11 is 0. The molecule has 0 saturated heterocycles. The van der Waals surface area contributed by atoms with Gasteiger partial charge in [-0.25, -0.2) is 9.13 Å². The molecule has 0 aliphatic heterocycles. The summed E-state index contributed by atoms with van der Waals surface area (Å²) in [6.45, 7) is 11.3. The first-order valence-corrected chi connectivity index (χ1v) is 7.18. The van der Waals surface area contributed by atoms with Crippen molar-refractivity contribution < 1.29 is 4.57 Å². The van der Waals surface area contributed by atoms with Crippen molar-refractivity contribution in [1.82, 2.24) is 4.57 Å². The lowest BCUT2D eigenvalue weighted by Crippen LogP contribution is -2.39. The molecule has 0 saturated carbocycles. The second-order valence-corrected chi connectivity index (χ2v) is 5.53. The molecule has 0 spiro atoms. The summed E-state index contributed by atoms with van der Waals surface area (Å²) in [6.07, 6.45) is 11.0. The van der Waals surface area contributed by atoms with Gasteiger partial charge in [0.15, 0.2) is 0 Å². The van der Waals surface area contributed by atoms with E-state index in [1.165, 1.54) is 37.9 Å². The van der Waals surface area contributed by atoms with Crippen LogP contribution >= 0.6 is 0 Å². The van der Waals surface area contributed by atoms with E-state index in [0.717, 1.165) is 0 Å². The summed E-state index contributed by atoms with van der Waals surface area (Å²) in [5.74, 6) is 1.49. The zero-order chi connectivity index (χ0) is 12.8. The highest BCUT2D eigenvalue weighted by molar-refractivity contribution is 4.87. The summed E-state index contributed by atoms with van der Waals surface area (Å²) in [7, 11) is 0. The van der Waals surface area contributed by atoms with Crippen LogP contribution in [0.5, 0.6) is 0 Å². The molecule has 1 aromatic heterocycles. The van der Waals surface area contributed by atoms with Gasteiger partial charge in [0.1, 0.15) is 12.4 Å². The second kappa shape index (κ2) is 6.83. The third-order valence-electron chi connectivity index (χ3n) is 3.35. The van der Waals surface area contributed by atoms with Crippen LogP contribution in [-0.2, 0) is 6.42 Å². The van der Waals surface area contributed by atoms with Crippen LogP contribution in [0, 0.1) is 0 Å². The highest BCUT2D eigenvalue weighted by Gasteiger charge is 2.20. The normalized spacial score (nSPS) is 11.7. The van der Waals surface area contributed by atoms with E-state index in [4.69, 9.17) is 0 Å². The fraction of sp³-hybridized carbons (Fsp3) is 0.800. The fourth-order valence-electron chi connectivity index (χ4n) is 2.36. The van der Waals surface area contributed by atoms with E-state index in [-0.39, 0.29) is 0 Å². The number of unbranched alkanes of at least 4 members (excludes halogenated alkanes) is 3. The summed E-state index contributed by atoms with van der Waals surface area (Å²) in [5.41, 5.74) is 0. The topological polar surface area (TPSA) is 8.81 Å². The molecule has 17 heavy (non-hydrogen) atoms. The molecule has 2 heteroatoms. The molecule has 0 aromatic carbocycles. The van der Waals surface area contributed by atoms with Crippen LogP contribution in [0.3, 0.4) is 0 Å². The van der Waals surface area contributed by atoms with Crippen LogP contribution in [0.4, 0.5) is 0 Å². The van der Waals surface area contributed by atoms with Crippen molar-refractivity contribution in [3.63, 3.8) is 0 Å². The van der Waals surface area contributed by atoms with Crippen molar-refractivity contribution in [3.8, 4) is 0 Å². The zero-order valence-corrected chi connectivity index (χ0v) is 12.2. The van der Waals surface area contributed by atoms with Gasteiger partial charge in [-0.1, -0.05) is 26.2 Å². The molecule has 0 fully saturated rings. The van der Waals surface area contributed by atoms with Crippen molar-refractivity contribution in [2.45, 2.75) is 78.8 Å². The Morgan fingerprint density at radius 1 is 1.12 bits per heavy atom. The van der Waals surface area contributed by atoms with Crippen LogP contribution in [0.25, 0.3) is 0 Å². The van der Waals surface area contributed by atoms with Gasteiger partial charge in [0.05, 0.1) is 12.1 Å². The average molecular weight is 237 g/mol. The monoisotopic (exact) mass is 237 g/mol. The smallest absolute Gasteiger partial charge is 0.232 e. The minimum atomic E-state index is 0.566. The van der Waals surface area contributed by atoms with Gasteiger partial charge in [-0.15, -0.1) is 0 Å². The maximum Gasteiger partial charge on any atom is 0.256 e. The third-order valence-corrected chi connectivity index (χ3v) is 3.35. The van der Waals surface area contributed by atoms with Crippen molar-refractivity contribution in [2.24, 2.45) is 0 Å². The van der Waals surface area contributed by atoms with Gasteiger partial charge in [-0.3, -0.25) is 0 Å². The molecule has 0 bridgehead atoms. The van der Waals surface area contributed by atoms with E-state index < -0.39 is 0 Å². The summed E-state index contributed by atoms with van der Waals surface area (Å²) < 4.78 is 4.85. The van der Waals surface area contributed by atoms with Crippen molar-refractivity contribution in [3.05, 3.63) is 18.2 Å². The fourth-order valence-corrected chi connectivity index (χ4v) is 2.36. The van der Waals surface area contributed by atoms with Crippen molar-refractivity contribution in [2.75, 3.05) is 0 Å². The van der Waals surface area contributed by atoms with E-state index in [9.17, 15) is 0 Å². The van der Waals surface area contributed by atoms with Gasteiger partial charge in [-0.05, 0) is 34.1 Å². The van der Waals surface area contributed by atoms with Crippen LogP contribution < -0.4 is 4.57 Å². The molecule has 0 aliphatic rings. The first-order valence-electron chi connectivity index (χ1n) is 7.18. The largest absolute Gasteiger partial charge is 0.256 e. The second-order valence-electron chi connectivity index (χ2n) is 5.53. The first-order chi connectivity index (χ1) is 8.07. The minimum absolute atomic E-state index is 0.566. The Labute approximate surface area is 107 Å². The lowest BCUT2D eigenvalue weighted by atomic mass is 10.1. The van der Waals surface area contributed by atoms with Crippen LogP contribution in [-0.4, -0.2) is 4.57 Å². The zero-order valence-electron chi connectivity index (χ0n) is 12.2. The molecule has 1 heterocycles. The predicted molar refractivity (Wildman–Crippen MR) is 73.2 cm³/mol. The number of nitrogens with zero attached hydrogens (tertiary/aromatic N) is 2. The quantitative estimate of drug-likeness (QED) is 0.499. The van der Waals surface area contributed by atoms with E-state index in [1.54, 1.807) is 0 Å². The molecular formula is C15H29N2+. The Morgan fingerprint density at radius 2 is 1.82 bits per heavy atom. The van der Waals surface area contributed by atoms with Crippen molar-refractivity contribution in [1.29, 1.82) is 0 Å². The van der Waals surface area contributed by atoms with E-state index in [0.29, 0.717) is 12.1 Å². The molecule has 2 nitrogen and oxygen atoms in total. The van der Waals surface area contributed by atoms with Crippen LogP contribution in [0.15, 0.2) is 12.4 Å². The third kappa shape index (κ3) is 3.86. The molecule has 0 N–H and O–H groups in total. The highest BCUT2D eigenvalue weighted by atomic mass is 15.2. The van der Waals surface area contributed by atoms with Crippen molar-refractivity contribution >= 4 is 0 Å². The highest BCUT2D eigenvalue weighted by Crippen LogP contribution is 2.12. The molecule has 0 unspecified atom stereocenters. The molecule has 98 valence electrons. The number of hydrogen-bond donors (Lipinski definition) is 0. The van der Waals surface area contributed by atoms with Crippen LogP contribution in [0.2, 0.25) is 0 Å². The summed E-state index contributed by atoms with van der Waals surface area (Å²) in [6, 6.07) is 1.13. The molecule has 1 aromatic rings. The van der Waals surface area contributed by atoms with Gasteiger partial charge in [0.25, 0.3) is 5.82 Å². The molecule has 0 radical (unpaired) electrons. The van der Waals surface area contributed by atoms with E-state index >= 15 is 0 Å². The van der Waals surface area contributed by atoms with Gasteiger partial charge in [-0.2, -0.15) is 0 Å². The predicted octanol–water partition coefficient (Wildman–Crippen LogP) is 4.06. The van der Waals surface area contributed by atoms with Gasteiger partial charge < -0.3 is 0 Å². The first kappa shape index (κ1) is 14.3. The Hall–Kier alpha value is -0.790. The maximum atomic E-state index is 2.42. The average Bonchev–Trinajstić information content (AvgIpc) is 2.68. The molecular weight excluding hydrogens is 208 g/mol. The standard InChI is InChI=1S/C15H29N2/c1-6-7-8-9-10-15-16(13(2)3)11-12-17(15)14(4)5/h11-14H,6-10H2,1-5H3/q+1. The Kier molecular flexibility index (Phi) is 5.73.